The van der Waals surface area contributed by atoms with E-state index < -0.39 is 11.9 Å². The summed E-state index contributed by atoms with van der Waals surface area (Å²) in [7, 11) is 0. The lowest BCUT2D eigenvalue weighted by molar-refractivity contribution is -0.134. The monoisotopic (exact) mass is 363 g/mol. The molecule has 1 atom stereocenters. The van der Waals surface area contributed by atoms with Crippen LogP contribution in [0.4, 0.5) is 0 Å². The number of pyridine rings is 1. The first-order valence-corrected chi connectivity index (χ1v) is 8.60. The zero-order valence-electron chi connectivity index (χ0n) is 16.2. The third-order valence-electron chi connectivity index (χ3n) is 3.18. The van der Waals surface area contributed by atoms with Gasteiger partial charge in [0.25, 0.3) is 5.91 Å². The average Bonchev–Trinajstić information content (AvgIpc) is 2.58. The summed E-state index contributed by atoms with van der Waals surface area (Å²) in [5, 5.41) is 4.81. The van der Waals surface area contributed by atoms with Gasteiger partial charge in [-0.05, 0) is 30.4 Å². The standard InChI is InChI=1S/C14H17N3O3.C4H10.CH2O/c1-8(2)10-4-3-9(7-15-10)13(19)16-11-5-6-12(18)17-14(11)20;1-4(2)3;1-2/h3-4,7-8,11H,5-6H2,1-2H3,(H,16,19)(H,17,18,20);4H,1-3H3;1H2. The Labute approximate surface area is 155 Å². The van der Waals surface area contributed by atoms with Crippen molar-refractivity contribution in [1.29, 1.82) is 0 Å². The zero-order valence-corrected chi connectivity index (χ0v) is 16.2. The molecule has 0 aliphatic carbocycles. The first-order chi connectivity index (χ1) is 12.2. The SMILES string of the molecule is C=O.CC(C)C.CC(C)c1ccc(C(=O)NC2CCC(=O)NC2=O)cn1. The summed E-state index contributed by atoms with van der Waals surface area (Å²) in [5.41, 5.74) is 1.31. The maximum atomic E-state index is 12.0. The first-order valence-electron chi connectivity index (χ1n) is 8.60. The molecule has 0 saturated carbocycles. The van der Waals surface area contributed by atoms with Crippen LogP contribution in [0.2, 0.25) is 0 Å². The third kappa shape index (κ3) is 8.50. The van der Waals surface area contributed by atoms with Gasteiger partial charge in [-0.25, -0.2) is 0 Å². The van der Waals surface area contributed by atoms with Gasteiger partial charge in [0, 0.05) is 18.3 Å². The Kier molecular flexibility index (Phi) is 10.7. The summed E-state index contributed by atoms with van der Waals surface area (Å²) in [6.45, 7) is 12.5. The van der Waals surface area contributed by atoms with Gasteiger partial charge < -0.3 is 10.1 Å². The molecule has 7 nitrogen and oxygen atoms in total. The van der Waals surface area contributed by atoms with E-state index in [4.69, 9.17) is 4.79 Å². The molecule has 0 spiro atoms. The second-order valence-corrected chi connectivity index (χ2v) is 6.84. The minimum atomic E-state index is -0.662. The fourth-order valence-corrected chi connectivity index (χ4v) is 1.95. The molecule has 2 heterocycles. The number of imide groups is 1. The summed E-state index contributed by atoms with van der Waals surface area (Å²) < 4.78 is 0. The molecule has 0 aromatic carbocycles. The Bertz CT molecular complexity index is 595. The summed E-state index contributed by atoms with van der Waals surface area (Å²) >= 11 is 0. The number of carbonyl (C=O) groups excluding carboxylic acids is 4. The predicted molar refractivity (Wildman–Crippen MR) is 99.6 cm³/mol. The van der Waals surface area contributed by atoms with Crippen molar-refractivity contribution in [2.45, 2.75) is 59.4 Å². The third-order valence-corrected chi connectivity index (χ3v) is 3.18. The van der Waals surface area contributed by atoms with Gasteiger partial charge in [-0.15, -0.1) is 0 Å². The smallest absolute Gasteiger partial charge is 0.253 e. The van der Waals surface area contributed by atoms with Crippen molar-refractivity contribution in [1.82, 2.24) is 15.6 Å². The lowest BCUT2D eigenvalue weighted by atomic mass is 10.1. The Hall–Kier alpha value is -2.57. The minimum absolute atomic E-state index is 0.237. The number of piperidine rings is 1. The summed E-state index contributed by atoms with van der Waals surface area (Å²) in [6, 6.07) is 2.82. The van der Waals surface area contributed by atoms with E-state index in [9.17, 15) is 14.4 Å². The molecule has 26 heavy (non-hydrogen) atoms. The van der Waals surface area contributed by atoms with Crippen LogP contribution in [-0.4, -0.2) is 35.5 Å². The molecule has 1 aromatic heterocycles. The molecule has 1 fully saturated rings. The van der Waals surface area contributed by atoms with Crippen molar-refractivity contribution < 1.29 is 19.2 Å². The van der Waals surface area contributed by atoms with Crippen LogP contribution < -0.4 is 10.6 Å². The topological polar surface area (TPSA) is 105 Å². The number of carbonyl (C=O) groups is 4. The molecule has 1 unspecified atom stereocenters. The highest BCUT2D eigenvalue weighted by molar-refractivity contribution is 6.03. The Morgan fingerprint density at radius 1 is 1.19 bits per heavy atom. The van der Waals surface area contributed by atoms with Gasteiger partial charge in [-0.1, -0.05) is 34.6 Å². The van der Waals surface area contributed by atoms with E-state index in [1.165, 1.54) is 6.20 Å². The van der Waals surface area contributed by atoms with Crippen LogP contribution in [0.5, 0.6) is 0 Å². The summed E-state index contributed by atoms with van der Waals surface area (Å²) in [4.78, 5) is 46.8. The van der Waals surface area contributed by atoms with Gasteiger partial charge in [-0.3, -0.25) is 24.7 Å². The van der Waals surface area contributed by atoms with Crippen molar-refractivity contribution in [2.24, 2.45) is 5.92 Å². The number of hydrogen-bond acceptors (Lipinski definition) is 5. The maximum absolute atomic E-state index is 12.0. The van der Waals surface area contributed by atoms with E-state index >= 15 is 0 Å². The van der Waals surface area contributed by atoms with E-state index in [1.54, 1.807) is 12.1 Å². The van der Waals surface area contributed by atoms with Gasteiger partial charge >= 0.3 is 0 Å². The van der Waals surface area contributed by atoms with Gasteiger partial charge in [0.15, 0.2) is 0 Å². The number of rotatable bonds is 3. The predicted octanol–water partition coefficient (Wildman–Crippen LogP) is 2.22. The number of hydrogen-bond donors (Lipinski definition) is 2. The van der Waals surface area contributed by atoms with Crippen LogP contribution in [0.15, 0.2) is 18.3 Å². The number of nitrogens with zero attached hydrogens (tertiary/aromatic N) is 1. The zero-order chi connectivity index (χ0) is 20.3. The van der Waals surface area contributed by atoms with Crippen molar-refractivity contribution in [3.05, 3.63) is 29.6 Å². The Morgan fingerprint density at radius 2 is 1.77 bits per heavy atom. The molecule has 1 saturated heterocycles. The molecule has 3 amide bonds. The van der Waals surface area contributed by atoms with Crippen molar-refractivity contribution in [2.75, 3.05) is 0 Å². The molecule has 1 aromatic rings. The largest absolute Gasteiger partial charge is 0.340 e. The van der Waals surface area contributed by atoms with Crippen LogP contribution in [0, 0.1) is 5.92 Å². The molecule has 0 radical (unpaired) electrons. The van der Waals surface area contributed by atoms with Gasteiger partial charge in [-0.2, -0.15) is 0 Å². The van der Waals surface area contributed by atoms with Crippen LogP contribution in [0.1, 0.15) is 69.4 Å². The molecule has 144 valence electrons. The van der Waals surface area contributed by atoms with E-state index in [2.05, 4.69) is 36.4 Å². The highest BCUT2D eigenvalue weighted by Gasteiger charge is 2.28. The fourth-order valence-electron chi connectivity index (χ4n) is 1.95. The first kappa shape index (κ1) is 23.4. The second kappa shape index (κ2) is 11.9. The molecular weight excluding hydrogens is 334 g/mol. The van der Waals surface area contributed by atoms with E-state index in [0.717, 1.165) is 11.6 Å². The van der Waals surface area contributed by atoms with Crippen molar-refractivity contribution in [3.8, 4) is 0 Å². The number of aromatic nitrogens is 1. The lowest BCUT2D eigenvalue weighted by Gasteiger charge is -2.21. The number of amides is 3. The Morgan fingerprint density at radius 3 is 2.19 bits per heavy atom. The molecule has 7 heteroatoms. The molecule has 0 bridgehead atoms. The average molecular weight is 363 g/mol. The van der Waals surface area contributed by atoms with E-state index in [-0.39, 0.29) is 18.2 Å². The second-order valence-electron chi connectivity index (χ2n) is 6.84. The van der Waals surface area contributed by atoms with E-state index in [0.29, 0.717) is 17.9 Å². The summed E-state index contributed by atoms with van der Waals surface area (Å²) in [5.74, 6) is 0.00867. The highest BCUT2D eigenvalue weighted by Crippen LogP contribution is 2.12. The molecule has 2 rings (SSSR count). The normalized spacial score (nSPS) is 16.0. The fraction of sp³-hybridized carbons (Fsp3) is 0.526. The van der Waals surface area contributed by atoms with Crippen LogP contribution in [0.25, 0.3) is 0 Å². The van der Waals surface area contributed by atoms with Crippen LogP contribution >= 0.6 is 0 Å². The quantitative estimate of drug-likeness (QED) is 0.801. The van der Waals surface area contributed by atoms with E-state index in [1.807, 2.05) is 20.6 Å². The lowest BCUT2D eigenvalue weighted by Crippen LogP contribution is -2.52. The van der Waals surface area contributed by atoms with Gasteiger partial charge in [0.05, 0.1) is 5.56 Å². The van der Waals surface area contributed by atoms with Gasteiger partial charge in [0.1, 0.15) is 12.8 Å². The van der Waals surface area contributed by atoms with Gasteiger partial charge in [0.2, 0.25) is 11.8 Å². The molecule has 1 aliphatic heterocycles. The molecular formula is C19H29N3O4. The van der Waals surface area contributed by atoms with Crippen LogP contribution in [0.3, 0.4) is 0 Å². The Balaban J connectivity index is 0.000000920. The molecule has 2 N–H and O–H groups in total. The number of nitrogens with one attached hydrogen (secondary N) is 2. The van der Waals surface area contributed by atoms with Crippen LogP contribution in [-0.2, 0) is 14.4 Å². The minimum Gasteiger partial charge on any atom is -0.340 e. The maximum Gasteiger partial charge on any atom is 0.253 e. The highest BCUT2D eigenvalue weighted by atomic mass is 16.2. The molecule has 1 aliphatic rings. The van der Waals surface area contributed by atoms with Crippen molar-refractivity contribution >= 4 is 24.5 Å². The van der Waals surface area contributed by atoms with Crippen molar-refractivity contribution in [3.63, 3.8) is 0 Å². The summed E-state index contributed by atoms with van der Waals surface area (Å²) in [6.07, 6.45) is 2.06.